The lowest BCUT2D eigenvalue weighted by atomic mass is 9.86. The van der Waals surface area contributed by atoms with E-state index in [4.69, 9.17) is 10.7 Å². The van der Waals surface area contributed by atoms with Gasteiger partial charge in [-0.15, -0.1) is 0 Å². The molecular formula is C14H26N3P. The molecule has 4 aliphatic rings. The van der Waals surface area contributed by atoms with E-state index < -0.39 is 8.01 Å². The van der Waals surface area contributed by atoms with Crippen molar-refractivity contribution in [3.05, 3.63) is 0 Å². The molecule has 4 fully saturated rings. The molecule has 4 aliphatic carbocycles. The molecule has 4 rings (SSSR count). The zero-order valence-electron chi connectivity index (χ0n) is 11.3. The fraction of sp³-hybridized carbons (Fsp3) is 1.00. The highest BCUT2D eigenvalue weighted by Crippen LogP contribution is 2.63. The van der Waals surface area contributed by atoms with Crippen LogP contribution in [-0.4, -0.2) is 15.7 Å². The highest BCUT2D eigenvalue weighted by Gasteiger charge is 2.58. The number of fused-ring (bicyclic) bond motifs is 4. The van der Waals surface area contributed by atoms with Crippen molar-refractivity contribution in [3.8, 4) is 0 Å². The maximum Gasteiger partial charge on any atom is 0.0769 e. The van der Waals surface area contributed by atoms with Crippen molar-refractivity contribution >= 4 is 8.01 Å². The molecular weight excluding hydrogens is 241 g/mol. The van der Waals surface area contributed by atoms with E-state index in [0.29, 0.717) is 11.1 Å². The first-order chi connectivity index (χ1) is 8.64. The molecule has 102 valence electrons. The SMILES string of the molecule is N=[PH](N)N(C12CCC(CC1)C2)C12CCC(CC1)C2. The highest BCUT2D eigenvalue weighted by molar-refractivity contribution is 7.40. The number of hydrogen-bond donors (Lipinski definition) is 2. The molecule has 18 heavy (non-hydrogen) atoms. The Balaban J connectivity index is 1.71. The molecule has 3 nitrogen and oxygen atoms in total. The lowest BCUT2D eigenvalue weighted by Gasteiger charge is -2.50. The normalized spacial score (nSPS) is 51.4. The average Bonchev–Trinajstić information content (AvgIpc) is 3.07. The second-order valence-electron chi connectivity index (χ2n) is 7.46. The van der Waals surface area contributed by atoms with E-state index in [1.807, 2.05) is 0 Å². The third-order valence-corrected chi connectivity index (χ3v) is 8.03. The van der Waals surface area contributed by atoms with Gasteiger partial charge in [-0.05, 0) is 76.0 Å². The fourth-order valence-electron chi connectivity index (χ4n) is 5.96. The molecule has 1 atom stereocenters. The van der Waals surface area contributed by atoms with Gasteiger partial charge < -0.3 is 0 Å². The predicted molar refractivity (Wildman–Crippen MR) is 75.7 cm³/mol. The van der Waals surface area contributed by atoms with Gasteiger partial charge in [0.15, 0.2) is 0 Å². The zero-order valence-corrected chi connectivity index (χ0v) is 12.3. The summed E-state index contributed by atoms with van der Waals surface area (Å²) in [5, 5.41) is 8.36. The number of rotatable bonds is 3. The third-order valence-electron chi connectivity index (χ3n) is 6.60. The lowest BCUT2D eigenvalue weighted by molar-refractivity contribution is 0.0774. The Morgan fingerprint density at radius 3 is 1.50 bits per heavy atom. The molecule has 0 spiro atoms. The Hall–Kier alpha value is 0.150. The highest BCUT2D eigenvalue weighted by atomic mass is 31.1. The molecule has 0 aromatic carbocycles. The molecule has 0 heterocycles. The smallest absolute Gasteiger partial charge is 0.0769 e. The van der Waals surface area contributed by atoms with E-state index in [-0.39, 0.29) is 0 Å². The van der Waals surface area contributed by atoms with Gasteiger partial charge in [-0.1, -0.05) is 0 Å². The maximum atomic E-state index is 8.36. The Bertz CT molecular complexity index is 349. The van der Waals surface area contributed by atoms with Gasteiger partial charge in [-0.2, -0.15) is 0 Å². The number of nitrogens with two attached hydrogens (primary N) is 1. The van der Waals surface area contributed by atoms with Crippen molar-refractivity contribution in [2.45, 2.75) is 75.3 Å². The van der Waals surface area contributed by atoms with Crippen molar-refractivity contribution in [1.82, 2.24) is 4.67 Å². The summed E-state index contributed by atoms with van der Waals surface area (Å²) in [4.78, 5) is 0. The van der Waals surface area contributed by atoms with Gasteiger partial charge in [0, 0.05) is 11.1 Å². The van der Waals surface area contributed by atoms with Crippen LogP contribution in [0.25, 0.3) is 0 Å². The summed E-state index contributed by atoms with van der Waals surface area (Å²) in [6.45, 7) is 0. The number of nitrogens with zero attached hydrogens (tertiary/aromatic N) is 1. The predicted octanol–water partition coefficient (Wildman–Crippen LogP) is 3.72. The molecule has 0 aliphatic heterocycles. The van der Waals surface area contributed by atoms with Gasteiger partial charge in [0.1, 0.15) is 0 Å². The van der Waals surface area contributed by atoms with Gasteiger partial charge in [-0.3, -0.25) is 10.7 Å². The largest absolute Gasteiger partial charge is 0.292 e. The van der Waals surface area contributed by atoms with Crippen molar-refractivity contribution in [2.24, 2.45) is 17.3 Å². The Morgan fingerprint density at radius 1 is 0.889 bits per heavy atom. The van der Waals surface area contributed by atoms with Crippen LogP contribution >= 0.6 is 8.01 Å². The van der Waals surface area contributed by atoms with Crippen LogP contribution in [0.3, 0.4) is 0 Å². The molecule has 4 bridgehead atoms. The Morgan fingerprint density at radius 2 is 1.28 bits per heavy atom. The summed E-state index contributed by atoms with van der Waals surface area (Å²) < 4.78 is 2.63. The van der Waals surface area contributed by atoms with Gasteiger partial charge >= 0.3 is 0 Å². The minimum Gasteiger partial charge on any atom is -0.292 e. The van der Waals surface area contributed by atoms with Crippen LogP contribution in [0, 0.1) is 17.0 Å². The van der Waals surface area contributed by atoms with Crippen LogP contribution in [0.15, 0.2) is 0 Å². The first kappa shape index (κ1) is 11.9. The molecule has 4 saturated carbocycles. The van der Waals surface area contributed by atoms with Crippen LogP contribution in [0.4, 0.5) is 0 Å². The Labute approximate surface area is 111 Å². The molecule has 0 radical (unpaired) electrons. The lowest BCUT2D eigenvalue weighted by Crippen LogP contribution is -2.54. The molecule has 0 saturated heterocycles. The van der Waals surface area contributed by atoms with Gasteiger partial charge in [0.25, 0.3) is 0 Å². The molecule has 0 aromatic heterocycles. The summed E-state index contributed by atoms with van der Waals surface area (Å²) in [6.07, 6.45) is 13.7. The Kier molecular flexibility index (Phi) is 2.54. The van der Waals surface area contributed by atoms with Crippen LogP contribution < -0.4 is 5.50 Å². The second-order valence-corrected chi connectivity index (χ2v) is 8.68. The zero-order chi connectivity index (χ0) is 12.4. The first-order valence-electron chi connectivity index (χ1n) is 7.78. The van der Waals surface area contributed by atoms with E-state index in [1.165, 1.54) is 64.2 Å². The maximum absolute atomic E-state index is 8.36. The minimum absolute atomic E-state index is 0.370. The van der Waals surface area contributed by atoms with Crippen LogP contribution in [0.1, 0.15) is 64.2 Å². The van der Waals surface area contributed by atoms with Crippen molar-refractivity contribution < 1.29 is 0 Å². The van der Waals surface area contributed by atoms with E-state index in [1.54, 1.807) is 0 Å². The second kappa shape index (κ2) is 3.84. The van der Waals surface area contributed by atoms with E-state index in [2.05, 4.69) is 4.67 Å². The van der Waals surface area contributed by atoms with Crippen molar-refractivity contribution in [3.63, 3.8) is 0 Å². The van der Waals surface area contributed by atoms with Gasteiger partial charge in [-0.25, -0.2) is 4.67 Å². The minimum atomic E-state index is -1.54. The first-order valence-corrected chi connectivity index (χ1v) is 9.30. The van der Waals surface area contributed by atoms with E-state index >= 15 is 0 Å². The van der Waals surface area contributed by atoms with E-state index in [0.717, 1.165) is 11.8 Å². The summed E-state index contributed by atoms with van der Waals surface area (Å²) in [5.41, 5.74) is 6.99. The van der Waals surface area contributed by atoms with Crippen LogP contribution in [0.5, 0.6) is 0 Å². The van der Waals surface area contributed by atoms with Crippen LogP contribution in [-0.2, 0) is 0 Å². The average molecular weight is 267 g/mol. The third kappa shape index (κ3) is 1.47. The summed E-state index contributed by atoms with van der Waals surface area (Å²) in [5.74, 6) is 1.92. The number of nitrogens with one attached hydrogen (secondary N) is 1. The van der Waals surface area contributed by atoms with Gasteiger partial charge in [0.05, 0.1) is 8.01 Å². The quantitative estimate of drug-likeness (QED) is 0.766. The number of hydrogen-bond acceptors (Lipinski definition) is 1. The molecule has 4 heteroatoms. The van der Waals surface area contributed by atoms with Gasteiger partial charge in [0.2, 0.25) is 0 Å². The standard InChI is InChI=1S/C14H26N3P/c15-18(16)17(13-5-1-11(9-13)2-6-13)14-7-3-12(10-14)4-8-14/h11-12,18H,1-10H2,(H3,15,16). The monoisotopic (exact) mass is 267 g/mol. The summed E-state index contributed by atoms with van der Waals surface area (Å²) in [6, 6.07) is 0. The topological polar surface area (TPSA) is 53.1 Å². The van der Waals surface area contributed by atoms with E-state index in [9.17, 15) is 0 Å². The fourth-order valence-corrected chi connectivity index (χ4v) is 7.62. The van der Waals surface area contributed by atoms with Crippen molar-refractivity contribution in [1.29, 1.82) is 5.16 Å². The van der Waals surface area contributed by atoms with Crippen LogP contribution in [0.2, 0.25) is 0 Å². The van der Waals surface area contributed by atoms with Crippen molar-refractivity contribution in [2.75, 3.05) is 0 Å². The summed E-state index contributed by atoms with van der Waals surface area (Å²) >= 11 is 0. The molecule has 0 amide bonds. The molecule has 0 aromatic rings. The summed E-state index contributed by atoms with van der Waals surface area (Å²) in [7, 11) is -1.54. The molecule has 1 unspecified atom stereocenters. The molecule has 3 N–H and O–H groups in total.